The van der Waals surface area contributed by atoms with Crippen molar-refractivity contribution in [1.82, 2.24) is 0 Å². The molecule has 0 aliphatic carbocycles. The standard InChI is InChI=1S/C13H16BrFN2O2S/c1-18-13(4-5-19-7-13)6-17-9-3-2-8(12(16)20)10(14)11(9)15/h2-3,17H,4-7H2,1H3,(H2,16,20). The number of hydrogen-bond acceptors (Lipinski definition) is 4. The van der Waals surface area contributed by atoms with Gasteiger partial charge in [0.2, 0.25) is 0 Å². The molecule has 0 bridgehead atoms. The highest BCUT2D eigenvalue weighted by molar-refractivity contribution is 9.10. The maximum Gasteiger partial charge on any atom is 0.161 e. The second-order valence-corrected chi connectivity index (χ2v) is 5.93. The Morgan fingerprint density at radius 3 is 2.95 bits per heavy atom. The zero-order valence-electron chi connectivity index (χ0n) is 11.0. The number of thiocarbonyl (C=S) groups is 1. The lowest BCUT2D eigenvalue weighted by atomic mass is 10.0. The number of halogens is 2. The summed E-state index contributed by atoms with van der Waals surface area (Å²) in [4.78, 5) is 0.153. The monoisotopic (exact) mass is 362 g/mol. The molecule has 1 fully saturated rings. The molecule has 1 saturated heterocycles. The van der Waals surface area contributed by atoms with Gasteiger partial charge in [-0.1, -0.05) is 12.2 Å². The lowest BCUT2D eigenvalue weighted by molar-refractivity contribution is -0.00623. The predicted molar refractivity (Wildman–Crippen MR) is 83.7 cm³/mol. The average Bonchev–Trinajstić information content (AvgIpc) is 2.89. The highest BCUT2D eigenvalue weighted by atomic mass is 79.9. The highest BCUT2D eigenvalue weighted by Crippen LogP contribution is 2.29. The molecule has 1 heterocycles. The van der Waals surface area contributed by atoms with Gasteiger partial charge in [0.05, 0.1) is 16.8 Å². The largest absolute Gasteiger partial charge is 0.389 e. The molecule has 110 valence electrons. The van der Waals surface area contributed by atoms with E-state index in [0.717, 1.165) is 6.42 Å². The van der Waals surface area contributed by atoms with E-state index in [9.17, 15) is 4.39 Å². The molecule has 1 aliphatic rings. The van der Waals surface area contributed by atoms with Crippen molar-refractivity contribution in [1.29, 1.82) is 0 Å². The first kappa shape index (κ1) is 15.6. The summed E-state index contributed by atoms with van der Waals surface area (Å²) in [5.41, 5.74) is 5.98. The third-order valence-electron chi connectivity index (χ3n) is 3.45. The van der Waals surface area contributed by atoms with Crippen LogP contribution in [-0.4, -0.2) is 37.5 Å². The summed E-state index contributed by atoms with van der Waals surface area (Å²) in [6.45, 7) is 1.63. The van der Waals surface area contributed by atoms with E-state index in [1.54, 1.807) is 19.2 Å². The van der Waals surface area contributed by atoms with Gasteiger partial charge in [0.25, 0.3) is 0 Å². The molecular formula is C13H16BrFN2O2S. The van der Waals surface area contributed by atoms with Gasteiger partial charge in [-0.25, -0.2) is 4.39 Å². The van der Waals surface area contributed by atoms with Crippen LogP contribution >= 0.6 is 28.1 Å². The number of anilines is 1. The van der Waals surface area contributed by atoms with Crippen LogP contribution < -0.4 is 11.1 Å². The van der Waals surface area contributed by atoms with Gasteiger partial charge in [0.1, 0.15) is 10.6 Å². The summed E-state index contributed by atoms with van der Waals surface area (Å²) >= 11 is 8.04. The minimum absolute atomic E-state index is 0.153. The number of methoxy groups -OCH3 is 1. The van der Waals surface area contributed by atoms with Crippen molar-refractivity contribution < 1.29 is 13.9 Å². The van der Waals surface area contributed by atoms with Gasteiger partial charge in [-0.2, -0.15) is 0 Å². The lowest BCUT2D eigenvalue weighted by Gasteiger charge is -2.26. The number of benzene rings is 1. The number of hydrogen-bond donors (Lipinski definition) is 2. The van der Waals surface area contributed by atoms with Crippen molar-refractivity contribution in [2.45, 2.75) is 12.0 Å². The Morgan fingerprint density at radius 2 is 2.40 bits per heavy atom. The Balaban J connectivity index is 2.14. The minimum atomic E-state index is -0.416. The Bertz CT molecular complexity index is 521. The van der Waals surface area contributed by atoms with Gasteiger partial charge < -0.3 is 20.5 Å². The summed E-state index contributed by atoms with van der Waals surface area (Å²) in [7, 11) is 1.64. The molecule has 20 heavy (non-hydrogen) atoms. The van der Waals surface area contributed by atoms with Crippen LogP contribution in [0, 0.1) is 5.82 Å². The maximum absolute atomic E-state index is 14.2. The highest BCUT2D eigenvalue weighted by Gasteiger charge is 2.35. The van der Waals surface area contributed by atoms with Gasteiger partial charge in [0, 0.05) is 32.2 Å². The lowest BCUT2D eigenvalue weighted by Crippen LogP contribution is -2.39. The van der Waals surface area contributed by atoms with E-state index in [1.165, 1.54) is 0 Å². The molecule has 0 radical (unpaired) electrons. The fourth-order valence-corrected chi connectivity index (χ4v) is 2.95. The van der Waals surface area contributed by atoms with E-state index < -0.39 is 11.4 Å². The topological polar surface area (TPSA) is 56.5 Å². The number of nitrogens with two attached hydrogens (primary N) is 1. The van der Waals surface area contributed by atoms with Crippen LogP contribution in [0.15, 0.2) is 16.6 Å². The summed E-state index contributed by atoms with van der Waals surface area (Å²) in [6.07, 6.45) is 0.782. The molecule has 1 aliphatic heterocycles. The van der Waals surface area contributed by atoms with Crippen LogP contribution in [0.3, 0.4) is 0 Å². The van der Waals surface area contributed by atoms with Crippen molar-refractivity contribution in [3.05, 3.63) is 28.0 Å². The molecule has 4 nitrogen and oxygen atoms in total. The van der Waals surface area contributed by atoms with Crippen molar-refractivity contribution in [3.63, 3.8) is 0 Å². The normalized spacial score (nSPS) is 21.9. The minimum Gasteiger partial charge on any atom is -0.389 e. The van der Waals surface area contributed by atoms with E-state index in [1.807, 2.05) is 0 Å². The van der Waals surface area contributed by atoms with E-state index in [2.05, 4.69) is 21.2 Å². The second kappa shape index (κ2) is 6.34. The van der Waals surface area contributed by atoms with E-state index >= 15 is 0 Å². The fourth-order valence-electron chi connectivity index (χ4n) is 2.09. The quantitative estimate of drug-likeness (QED) is 0.787. The Labute approximate surface area is 130 Å². The Morgan fingerprint density at radius 1 is 1.65 bits per heavy atom. The summed E-state index contributed by atoms with van der Waals surface area (Å²) < 4.78 is 25.3. The molecule has 0 aromatic heterocycles. The molecule has 2 rings (SSSR count). The van der Waals surface area contributed by atoms with Crippen molar-refractivity contribution in [2.75, 3.05) is 32.2 Å². The van der Waals surface area contributed by atoms with Crippen LogP contribution in [-0.2, 0) is 9.47 Å². The van der Waals surface area contributed by atoms with Gasteiger partial charge in [-0.15, -0.1) is 0 Å². The van der Waals surface area contributed by atoms with Crippen LogP contribution in [0.5, 0.6) is 0 Å². The van der Waals surface area contributed by atoms with Crippen LogP contribution in [0.4, 0.5) is 10.1 Å². The number of nitrogens with one attached hydrogen (secondary N) is 1. The zero-order chi connectivity index (χ0) is 14.8. The van der Waals surface area contributed by atoms with E-state index in [0.29, 0.717) is 31.0 Å². The smallest absolute Gasteiger partial charge is 0.161 e. The molecule has 0 amide bonds. The maximum atomic E-state index is 14.2. The third kappa shape index (κ3) is 3.11. The first-order valence-electron chi connectivity index (χ1n) is 6.14. The van der Waals surface area contributed by atoms with E-state index in [4.69, 9.17) is 27.4 Å². The van der Waals surface area contributed by atoms with Crippen LogP contribution in [0.1, 0.15) is 12.0 Å². The van der Waals surface area contributed by atoms with Crippen LogP contribution in [0.25, 0.3) is 0 Å². The van der Waals surface area contributed by atoms with Gasteiger partial charge >= 0.3 is 0 Å². The first-order valence-corrected chi connectivity index (χ1v) is 7.34. The zero-order valence-corrected chi connectivity index (χ0v) is 13.4. The fraction of sp³-hybridized carbons (Fsp3) is 0.462. The Kier molecular flexibility index (Phi) is 4.95. The Hall–Kier alpha value is -0.760. The van der Waals surface area contributed by atoms with Crippen molar-refractivity contribution in [3.8, 4) is 0 Å². The molecule has 3 N–H and O–H groups in total. The van der Waals surface area contributed by atoms with Crippen molar-refractivity contribution >= 4 is 38.8 Å². The molecule has 1 aromatic rings. The summed E-state index contributed by atoms with van der Waals surface area (Å²) in [6, 6.07) is 3.30. The summed E-state index contributed by atoms with van der Waals surface area (Å²) in [5.74, 6) is -0.416. The molecule has 0 saturated carbocycles. The SMILES string of the molecule is COC1(CNc2ccc(C(N)=S)c(Br)c2F)CCOC1. The number of ether oxygens (including phenoxy) is 2. The number of rotatable bonds is 5. The molecule has 0 spiro atoms. The average molecular weight is 363 g/mol. The van der Waals surface area contributed by atoms with Gasteiger partial charge in [-0.3, -0.25) is 0 Å². The molecule has 1 aromatic carbocycles. The molecule has 1 unspecified atom stereocenters. The van der Waals surface area contributed by atoms with Crippen LogP contribution in [0.2, 0.25) is 0 Å². The predicted octanol–water partition coefficient (Wildman–Crippen LogP) is 2.44. The van der Waals surface area contributed by atoms with Crippen molar-refractivity contribution in [2.24, 2.45) is 5.73 Å². The molecule has 1 atom stereocenters. The third-order valence-corrected chi connectivity index (χ3v) is 4.44. The first-order chi connectivity index (χ1) is 9.49. The molecular weight excluding hydrogens is 347 g/mol. The van der Waals surface area contributed by atoms with Gasteiger partial charge in [-0.05, 0) is 28.1 Å². The summed E-state index contributed by atoms with van der Waals surface area (Å²) in [5, 5.41) is 3.06. The van der Waals surface area contributed by atoms with E-state index in [-0.39, 0.29) is 9.46 Å². The second-order valence-electron chi connectivity index (χ2n) is 4.70. The van der Waals surface area contributed by atoms with Gasteiger partial charge in [0.15, 0.2) is 5.82 Å². The molecule has 7 heteroatoms.